The lowest BCUT2D eigenvalue weighted by Gasteiger charge is -2.25. The molecule has 1 atom stereocenters. The molecule has 92 valence electrons. The predicted molar refractivity (Wildman–Crippen MR) is 65.8 cm³/mol. The van der Waals surface area contributed by atoms with Crippen LogP contribution in [0.5, 0.6) is 0 Å². The van der Waals surface area contributed by atoms with Crippen LogP contribution < -0.4 is 0 Å². The minimum Gasteiger partial charge on any atom is -0.480 e. The van der Waals surface area contributed by atoms with Crippen LogP contribution in [0.25, 0.3) is 0 Å². The molecule has 0 aromatic heterocycles. The number of carbonyl (C=O) groups is 2. The number of benzene rings is 1. The lowest BCUT2D eigenvalue weighted by atomic mass is 9.76. The number of carboxylic acids is 1. The molecule has 0 saturated carbocycles. The predicted octanol–water partition coefficient (Wildman–Crippen LogP) is 2.69. The van der Waals surface area contributed by atoms with E-state index < -0.39 is 11.4 Å². The van der Waals surface area contributed by atoms with Gasteiger partial charge in [-0.15, -0.1) is 0 Å². The van der Waals surface area contributed by atoms with Crippen LogP contribution in [0.1, 0.15) is 32.3 Å². The maximum absolute atomic E-state index is 11.6. The van der Waals surface area contributed by atoms with E-state index in [1.807, 2.05) is 30.3 Å². The second kappa shape index (κ2) is 5.62. The molecule has 0 aliphatic carbocycles. The molecule has 0 radical (unpaired) electrons. The highest BCUT2D eigenvalue weighted by Gasteiger charge is 2.41. The Morgan fingerprint density at radius 2 is 1.82 bits per heavy atom. The Morgan fingerprint density at radius 1 is 1.24 bits per heavy atom. The minimum atomic E-state index is -1.23. The van der Waals surface area contributed by atoms with Crippen molar-refractivity contribution in [3.63, 3.8) is 0 Å². The fraction of sp³-hybridized carbons (Fsp3) is 0.429. The van der Waals surface area contributed by atoms with Gasteiger partial charge >= 0.3 is 5.97 Å². The molecule has 0 saturated heterocycles. The summed E-state index contributed by atoms with van der Waals surface area (Å²) in [6.45, 7) is 3.11. The summed E-state index contributed by atoms with van der Waals surface area (Å²) < 4.78 is 0. The molecule has 1 rings (SSSR count). The molecule has 1 aromatic rings. The van der Waals surface area contributed by atoms with E-state index in [0.29, 0.717) is 19.3 Å². The molecule has 1 unspecified atom stereocenters. The van der Waals surface area contributed by atoms with Gasteiger partial charge in [0.1, 0.15) is 11.2 Å². The summed E-state index contributed by atoms with van der Waals surface area (Å²) in [6, 6.07) is 9.64. The first-order chi connectivity index (χ1) is 8.03. The number of carboxylic acid groups (broad SMARTS) is 1. The lowest BCUT2D eigenvalue weighted by Crippen LogP contribution is -2.37. The molecule has 0 amide bonds. The molecule has 0 bridgehead atoms. The SMILES string of the molecule is CCC(CCc1ccccc1)(C(C)=O)C(=O)O. The molecular weight excluding hydrogens is 216 g/mol. The maximum Gasteiger partial charge on any atom is 0.317 e. The Balaban J connectivity index is 2.82. The van der Waals surface area contributed by atoms with Crippen LogP contribution in [0.2, 0.25) is 0 Å². The van der Waals surface area contributed by atoms with Crippen LogP contribution in [0.3, 0.4) is 0 Å². The Labute approximate surface area is 101 Å². The van der Waals surface area contributed by atoms with Crippen LogP contribution in [-0.4, -0.2) is 16.9 Å². The third kappa shape index (κ3) is 2.93. The summed E-state index contributed by atoms with van der Waals surface area (Å²) in [4.78, 5) is 22.9. The van der Waals surface area contributed by atoms with Crippen LogP contribution in [-0.2, 0) is 16.0 Å². The number of ketones is 1. The van der Waals surface area contributed by atoms with E-state index in [0.717, 1.165) is 5.56 Å². The molecule has 1 N–H and O–H groups in total. The maximum atomic E-state index is 11.6. The van der Waals surface area contributed by atoms with E-state index in [1.165, 1.54) is 6.92 Å². The van der Waals surface area contributed by atoms with Crippen molar-refractivity contribution in [3.05, 3.63) is 35.9 Å². The second-order valence-electron chi connectivity index (χ2n) is 4.28. The van der Waals surface area contributed by atoms with Gasteiger partial charge in [0.15, 0.2) is 0 Å². The fourth-order valence-corrected chi connectivity index (χ4v) is 2.01. The molecule has 0 fully saturated rings. The number of aliphatic carboxylic acids is 1. The summed E-state index contributed by atoms with van der Waals surface area (Å²) in [5.74, 6) is -1.27. The Kier molecular flexibility index (Phi) is 4.44. The second-order valence-corrected chi connectivity index (χ2v) is 4.28. The zero-order valence-corrected chi connectivity index (χ0v) is 10.3. The smallest absolute Gasteiger partial charge is 0.317 e. The average Bonchev–Trinajstić information content (AvgIpc) is 2.31. The molecule has 3 heteroatoms. The van der Waals surface area contributed by atoms with Crippen molar-refractivity contribution in [1.82, 2.24) is 0 Å². The van der Waals surface area contributed by atoms with Crippen LogP contribution in [0.15, 0.2) is 30.3 Å². The van der Waals surface area contributed by atoms with Gasteiger partial charge in [0.2, 0.25) is 0 Å². The van der Waals surface area contributed by atoms with Gasteiger partial charge in [-0.05, 0) is 31.7 Å². The normalized spacial score (nSPS) is 14.0. The molecule has 1 aromatic carbocycles. The van der Waals surface area contributed by atoms with Crippen molar-refractivity contribution in [2.24, 2.45) is 5.41 Å². The quantitative estimate of drug-likeness (QED) is 0.770. The molecule has 17 heavy (non-hydrogen) atoms. The fourth-order valence-electron chi connectivity index (χ4n) is 2.01. The lowest BCUT2D eigenvalue weighted by molar-refractivity contribution is -0.155. The number of Topliss-reactive ketones (excluding diaryl/α,β-unsaturated/α-hetero) is 1. The van der Waals surface area contributed by atoms with Gasteiger partial charge in [0.05, 0.1) is 0 Å². The Morgan fingerprint density at radius 3 is 2.24 bits per heavy atom. The Bertz CT molecular complexity index is 381. The van der Waals surface area contributed by atoms with E-state index in [9.17, 15) is 14.7 Å². The first-order valence-corrected chi connectivity index (χ1v) is 5.81. The molecule has 0 aliphatic rings. The number of aryl methyl sites for hydroxylation is 1. The van der Waals surface area contributed by atoms with E-state index in [-0.39, 0.29) is 5.78 Å². The summed E-state index contributed by atoms with van der Waals surface area (Å²) in [5.41, 5.74) is -0.164. The number of carbonyl (C=O) groups excluding carboxylic acids is 1. The molecule has 0 aliphatic heterocycles. The zero-order chi connectivity index (χ0) is 12.9. The van der Waals surface area contributed by atoms with Crippen molar-refractivity contribution in [2.45, 2.75) is 33.1 Å². The highest BCUT2D eigenvalue weighted by Crippen LogP contribution is 2.30. The highest BCUT2D eigenvalue weighted by molar-refractivity contribution is 6.01. The summed E-state index contributed by atoms with van der Waals surface area (Å²) in [5, 5.41) is 9.25. The van der Waals surface area contributed by atoms with E-state index in [4.69, 9.17) is 0 Å². The van der Waals surface area contributed by atoms with E-state index >= 15 is 0 Å². The number of hydrogen-bond donors (Lipinski definition) is 1. The first kappa shape index (κ1) is 13.4. The van der Waals surface area contributed by atoms with Crippen LogP contribution in [0.4, 0.5) is 0 Å². The van der Waals surface area contributed by atoms with Gasteiger partial charge in [-0.3, -0.25) is 9.59 Å². The third-order valence-corrected chi connectivity index (χ3v) is 3.37. The first-order valence-electron chi connectivity index (χ1n) is 5.81. The van der Waals surface area contributed by atoms with E-state index in [2.05, 4.69) is 0 Å². The molecular formula is C14H18O3. The third-order valence-electron chi connectivity index (χ3n) is 3.37. The van der Waals surface area contributed by atoms with Gasteiger partial charge in [-0.25, -0.2) is 0 Å². The minimum absolute atomic E-state index is 0.261. The molecule has 0 heterocycles. The number of rotatable bonds is 6. The van der Waals surface area contributed by atoms with Gasteiger partial charge in [0.25, 0.3) is 0 Å². The van der Waals surface area contributed by atoms with Crippen molar-refractivity contribution in [2.75, 3.05) is 0 Å². The van der Waals surface area contributed by atoms with Crippen LogP contribution >= 0.6 is 0 Å². The van der Waals surface area contributed by atoms with Crippen molar-refractivity contribution >= 4 is 11.8 Å². The van der Waals surface area contributed by atoms with Crippen molar-refractivity contribution in [3.8, 4) is 0 Å². The monoisotopic (exact) mass is 234 g/mol. The number of hydrogen-bond acceptors (Lipinski definition) is 2. The average molecular weight is 234 g/mol. The summed E-state index contributed by atoms with van der Waals surface area (Å²) >= 11 is 0. The molecule has 0 spiro atoms. The highest BCUT2D eigenvalue weighted by atomic mass is 16.4. The van der Waals surface area contributed by atoms with Crippen molar-refractivity contribution in [1.29, 1.82) is 0 Å². The van der Waals surface area contributed by atoms with Gasteiger partial charge in [-0.2, -0.15) is 0 Å². The summed E-state index contributed by atoms with van der Waals surface area (Å²) in [7, 11) is 0. The van der Waals surface area contributed by atoms with E-state index in [1.54, 1.807) is 6.92 Å². The largest absolute Gasteiger partial charge is 0.480 e. The topological polar surface area (TPSA) is 54.4 Å². The Hall–Kier alpha value is -1.64. The van der Waals surface area contributed by atoms with Crippen molar-refractivity contribution < 1.29 is 14.7 Å². The zero-order valence-electron chi connectivity index (χ0n) is 10.3. The van der Waals surface area contributed by atoms with Crippen LogP contribution in [0, 0.1) is 5.41 Å². The van der Waals surface area contributed by atoms with Gasteiger partial charge in [-0.1, -0.05) is 37.3 Å². The molecule has 3 nitrogen and oxygen atoms in total. The summed E-state index contributed by atoms with van der Waals surface area (Å²) in [6.07, 6.45) is 1.31. The van der Waals surface area contributed by atoms with Gasteiger partial charge in [0, 0.05) is 0 Å². The standard InChI is InChI=1S/C14H18O3/c1-3-14(11(2)15,13(16)17)10-9-12-7-5-4-6-8-12/h4-8H,3,9-10H2,1-2H3,(H,16,17). The van der Waals surface area contributed by atoms with Gasteiger partial charge < -0.3 is 5.11 Å².